The van der Waals surface area contributed by atoms with Crippen molar-refractivity contribution < 1.29 is 41.8 Å². The number of alkyl halides is 4. The molecule has 0 radical (unpaired) electrons. The molecule has 2 aromatic rings. The van der Waals surface area contributed by atoms with Gasteiger partial charge in [-0.15, -0.1) is 0 Å². The average molecular weight is 368 g/mol. The van der Waals surface area contributed by atoms with Gasteiger partial charge in [0, 0.05) is 11.1 Å². The molecule has 0 fully saturated rings. The van der Waals surface area contributed by atoms with E-state index in [1.165, 1.54) is 0 Å². The third-order valence-corrected chi connectivity index (χ3v) is 3.90. The highest BCUT2D eigenvalue weighted by Crippen LogP contribution is 2.50. The van der Waals surface area contributed by atoms with Crippen LogP contribution in [0.3, 0.4) is 0 Å². The van der Waals surface area contributed by atoms with Crippen molar-refractivity contribution in [1.29, 1.82) is 0 Å². The summed E-state index contributed by atoms with van der Waals surface area (Å²) in [6.07, 6.45) is 0. The highest BCUT2D eigenvalue weighted by molar-refractivity contribution is 6.14. The van der Waals surface area contributed by atoms with Crippen molar-refractivity contribution in [2.45, 2.75) is 11.8 Å². The van der Waals surface area contributed by atoms with Crippen LogP contribution in [0.4, 0.5) is 17.6 Å². The summed E-state index contributed by atoms with van der Waals surface area (Å²) in [6.45, 7) is 0. The number of fused-ring (bicyclic) bond motifs is 1. The Morgan fingerprint density at radius 1 is 0.808 bits per heavy atom. The Morgan fingerprint density at radius 2 is 1.31 bits per heavy atom. The normalized spacial score (nSPS) is 14.2. The van der Waals surface area contributed by atoms with E-state index in [1.807, 2.05) is 0 Å². The standard InChI is InChI=1S/C17H8F4O5/c18-16(19,9-3-1-8(2-4-9)13(22)23)17(20,21)10-5-6-11-12(7-10)15(25)26-14(11)24/h1-7H,(H,22,23). The minimum Gasteiger partial charge on any atom is -0.478 e. The number of carboxylic acid groups (broad SMARTS) is 1. The second-order valence-electron chi connectivity index (χ2n) is 5.47. The van der Waals surface area contributed by atoms with Crippen LogP contribution in [0.2, 0.25) is 0 Å². The third kappa shape index (κ3) is 2.52. The number of carbonyl (C=O) groups is 3. The van der Waals surface area contributed by atoms with Gasteiger partial charge in [-0.3, -0.25) is 0 Å². The molecule has 26 heavy (non-hydrogen) atoms. The Bertz CT molecular complexity index is 935. The van der Waals surface area contributed by atoms with Crippen LogP contribution in [0.15, 0.2) is 42.5 Å². The lowest BCUT2D eigenvalue weighted by atomic mass is 9.93. The molecular formula is C17H8F4O5. The van der Waals surface area contributed by atoms with Crippen LogP contribution in [-0.2, 0) is 16.6 Å². The molecule has 9 heteroatoms. The fourth-order valence-corrected chi connectivity index (χ4v) is 2.47. The largest absolute Gasteiger partial charge is 0.478 e. The van der Waals surface area contributed by atoms with Crippen LogP contribution < -0.4 is 0 Å². The zero-order chi connectivity index (χ0) is 19.3. The highest BCUT2D eigenvalue weighted by Gasteiger charge is 2.58. The number of carboxylic acids is 1. The number of carbonyl (C=O) groups excluding carboxylic acids is 2. The predicted octanol–water partition coefficient (Wildman–Crippen LogP) is 3.58. The average Bonchev–Trinajstić information content (AvgIpc) is 2.88. The number of ether oxygens (including phenoxy) is 1. The number of benzene rings is 2. The molecule has 5 nitrogen and oxygen atoms in total. The topological polar surface area (TPSA) is 80.7 Å². The Morgan fingerprint density at radius 3 is 1.88 bits per heavy atom. The quantitative estimate of drug-likeness (QED) is 0.507. The van der Waals surface area contributed by atoms with Gasteiger partial charge in [0.15, 0.2) is 0 Å². The molecule has 0 aromatic heterocycles. The number of hydrogen-bond donors (Lipinski definition) is 1. The van der Waals surface area contributed by atoms with E-state index in [9.17, 15) is 31.9 Å². The Labute approximate surface area is 142 Å². The Kier molecular flexibility index (Phi) is 3.82. The third-order valence-electron chi connectivity index (χ3n) is 3.90. The molecular weight excluding hydrogens is 360 g/mol. The van der Waals surface area contributed by atoms with Gasteiger partial charge in [0.25, 0.3) is 0 Å². The van der Waals surface area contributed by atoms with E-state index in [1.54, 1.807) is 0 Å². The van der Waals surface area contributed by atoms with E-state index in [4.69, 9.17) is 5.11 Å². The minimum atomic E-state index is -4.74. The van der Waals surface area contributed by atoms with E-state index in [0.29, 0.717) is 24.3 Å². The molecule has 0 saturated heterocycles. The lowest BCUT2D eigenvalue weighted by Crippen LogP contribution is -2.35. The molecule has 0 saturated carbocycles. The molecule has 134 valence electrons. The number of cyclic esters (lactones) is 2. The smallest absolute Gasteiger partial charge is 0.346 e. The lowest BCUT2D eigenvalue weighted by Gasteiger charge is -2.27. The van der Waals surface area contributed by atoms with Crippen LogP contribution >= 0.6 is 0 Å². The van der Waals surface area contributed by atoms with Gasteiger partial charge in [0.1, 0.15) is 0 Å². The summed E-state index contributed by atoms with van der Waals surface area (Å²) in [5, 5.41) is 8.75. The van der Waals surface area contributed by atoms with Crippen LogP contribution in [0.25, 0.3) is 0 Å². The fourth-order valence-electron chi connectivity index (χ4n) is 2.47. The molecule has 0 atom stereocenters. The maximum atomic E-state index is 14.5. The molecule has 1 heterocycles. The number of aromatic carboxylic acids is 1. The van der Waals surface area contributed by atoms with E-state index in [2.05, 4.69) is 4.74 Å². The SMILES string of the molecule is O=C(O)c1ccc(C(F)(F)C(F)(F)c2ccc3c(c2)C(=O)OC3=O)cc1. The summed E-state index contributed by atoms with van der Waals surface area (Å²) in [6, 6.07) is 4.64. The Balaban J connectivity index is 2.03. The van der Waals surface area contributed by atoms with Gasteiger partial charge < -0.3 is 9.84 Å². The maximum Gasteiger partial charge on any atom is 0.346 e. The van der Waals surface area contributed by atoms with Crippen LogP contribution in [-0.4, -0.2) is 23.0 Å². The molecule has 3 rings (SSSR count). The second kappa shape index (κ2) is 5.65. The van der Waals surface area contributed by atoms with Crippen molar-refractivity contribution in [2.75, 3.05) is 0 Å². The van der Waals surface area contributed by atoms with Gasteiger partial charge in [-0.1, -0.05) is 18.2 Å². The summed E-state index contributed by atoms with van der Waals surface area (Å²) in [5.41, 5.74) is -3.44. The van der Waals surface area contributed by atoms with E-state index >= 15 is 0 Å². The highest BCUT2D eigenvalue weighted by atomic mass is 19.3. The molecule has 0 unspecified atom stereocenters. The van der Waals surface area contributed by atoms with Gasteiger partial charge in [0.2, 0.25) is 0 Å². The van der Waals surface area contributed by atoms with Crippen molar-refractivity contribution in [3.8, 4) is 0 Å². The monoisotopic (exact) mass is 368 g/mol. The number of hydrogen-bond acceptors (Lipinski definition) is 4. The molecule has 0 spiro atoms. The molecule has 0 aliphatic carbocycles. The summed E-state index contributed by atoms with van der Waals surface area (Å²) >= 11 is 0. The first-order chi connectivity index (χ1) is 12.1. The van der Waals surface area contributed by atoms with Crippen LogP contribution in [0.1, 0.15) is 42.2 Å². The zero-order valence-corrected chi connectivity index (χ0v) is 12.6. The fraction of sp³-hybridized carbons (Fsp3) is 0.118. The summed E-state index contributed by atoms with van der Waals surface area (Å²) in [5.74, 6) is -13.1. The van der Waals surface area contributed by atoms with E-state index in [-0.39, 0.29) is 11.1 Å². The molecule has 2 aromatic carbocycles. The van der Waals surface area contributed by atoms with E-state index in [0.717, 1.165) is 18.2 Å². The first-order valence-electron chi connectivity index (χ1n) is 7.06. The first-order valence-corrected chi connectivity index (χ1v) is 7.06. The van der Waals surface area contributed by atoms with Crippen molar-refractivity contribution >= 4 is 17.9 Å². The molecule has 0 bridgehead atoms. The maximum absolute atomic E-state index is 14.5. The van der Waals surface area contributed by atoms with Crippen molar-refractivity contribution in [3.05, 3.63) is 70.3 Å². The van der Waals surface area contributed by atoms with Gasteiger partial charge in [-0.25, -0.2) is 14.4 Å². The zero-order valence-electron chi connectivity index (χ0n) is 12.6. The van der Waals surface area contributed by atoms with Gasteiger partial charge >= 0.3 is 29.8 Å². The van der Waals surface area contributed by atoms with E-state index < -0.39 is 46.4 Å². The van der Waals surface area contributed by atoms with Gasteiger partial charge in [0.05, 0.1) is 16.7 Å². The Hall–Kier alpha value is -3.23. The van der Waals surface area contributed by atoms with Gasteiger partial charge in [-0.2, -0.15) is 17.6 Å². The summed E-state index contributed by atoms with van der Waals surface area (Å²) in [7, 11) is 0. The molecule has 1 aliphatic rings. The van der Waals surface area contributed by atoms with Crippen LogP contribution in [0.5, 0.6) is 0 Å². The first kappa shape index (κ1) is 17.6. The summed E-state index contributed by atoms with van der Waals surface area (Å²) in [4.78, 5) is 33.5. The summed E-state index contributed by atoms with van der Waals surface area (Å²) < 4.78 is 62.0. The van der Waals surface area contributed by atoms with Gasteiger partial charge in [-0.05, 0) is 24.3 Å². The second-order valence-corrected chi connectivity index (χ2v) is 5.47. The number of rotatable bonds is 4. The predicted molar refractivity (Wildman–Crippen MR) is 77.4 cm³/mol. The van der Waals surface area contributed by atoms with Crippen molar-refractivity contribution in [1.82, 2.24) is 0 Å². The molecule has 1 N–H and O–H groups in total. The lowest BCUT2D eigenvalue weighted by molar-refractivity contribution is -0.223. The van der Waals surface area contributed by atoms with Crippen molar-refractivity contribution in [2.24, 2.45) is 0 Å². The minimum absolute atomic E-state index is 0.288. The molecule has 1 aliphatic heterocycles. The number of esters is 2. The number of halogens is 4. The van der Waals surface area contributed by atoms with Crippen molar-refractivity contribution in [3.63, 3.8) is 0 Å². The molecule has 0 amide bonds. The van der Waals surface area contributed by atoms with Crippen LogP contribution in [0, 0.1) is 0 Å².